The van der Waals surface area contributed by atoms with Gasteiger partial charge in [0.15, 0.2) is 0 Å². The van der Waals surface area contributed by atoms with Gasteiger partial charge in [0.2, 0.25) is 0 Å². The molecule has 3 aliphatic carbocycles. The Morgan fingerprint density at radius 2 is 0.871 bits per heavy atom. The molecule has 0 bridgehead atoms. The largest absolute Gasteiger partial charge is 0.103 e. The van der Waals surface area contributed by atoms with Crippen LogP contribution in [0.4, 0.5) is 0 Å². The number of hydrogen-bond donors (Lipinski definition) is 0. The van der Waals surface area contributed by atoms with Crippen LogP contribution in [0.25, 0.3) is 0 Å². The van der Waals surface area contributed by atoms with E-state index in [1.54, 1.807) is 57.8 Å². The summed E-state index contributed by atoms with van der Waals surface area (Å²) in [5.74, 6) is 6.44. The molecule has 0 aromatic carbocycles. The van der Waals surface area contributed by atoms with E-state index in [9.17, 15) is 0 Å². The molecule has 3 saturated carbocycles. The summed E-state index contributed by atoms with van der Waals surface area (Å²) in [5, 5.41) is 0. The lowest BCUT2D eigenvalue weighted by atomic mass is 9.68. The van der Waals surface area contributed by atoms with Gasteiger partial charge in [-0.2, -0.15) is 0 Å². The Morgan fingerprint density at radius 3 is 1.26 bits per heavy atom. The van der Waals surface area contributed by atoms with Crippen LogP contribution in [0.1, 0.15) is 148 Å². The average molecular weight is 429 g/mol. The van der Waals surface area contributed by atoms with Gasteiger partial charge in [-0.25, -0.2) is 0 Å². The summed E-state index contributed by atoms with van der Waals surface area (Å²) >= 11 is 0. The number of allylic oxidation sites excluding steroid dienone is 1. The van der Waals surface area contributed by atoms with Gasteiger partial charge in [0.05, 0.1) is 0 Å². The number of rotatable bonds is 13. The second-order valence-electron chi connectivity index (χ2n) is 12.1. The Morgan fingerprint density at radius 1 is 0.516 bits per heavy atom. The molecule has 0 spiro atoms. The van der Waals surface area contributed by atoms with Crippen LogP contribution in [0, 0.1) is 35.5 Å². The highest BCUT2D eigenvalue weighted by Gasteiger charge is 2.30. The number of unbranched alkanes of at least 4 members (excludes halogenated alkanes) is 3. The van der Waals surface area contributed by atoms with Gasteiger partial charge in [0.25, 0.3) is 0 Å². The van der Waals surface area contributed by atoms with E-state index in [1.807, 2.05) is 0 Å². The quantitative estimate of drug-likeness (QED) is 0.202. The minimum atomic E-state index is 1.01. The first-order valence-corrected chi connectivity index (χ1v) is 14.9. The zero-order chi connectivity index (χ0) is 21.7. The van der Waals surface area contributed by atoms with Crippen LogP contribution in [-0.4, -0.2) is 0 Å². The van der Waals surface area contributed by atoms with Crippen molar-refractivity contribution in [3.63, 3.8) is 0 Å². The SMILES string of the molecule is C=CCCC1CCC(CCCCC2CCC(C3CCC(CCCCC)CC3)CC2)CC1. The third-order valence-corrected chi connectivity index (χ3v) is 9.89. The third-order valence-electron chi connectivity index (χ3n) is 9.89. The molecule has 3 rings (SSSR count). The van der Waals surface area contributed by atoms with Crippen molar-refractivity contribution in [1.82, 2.24) is 0 Å². The highest BCUT2D eigenvalue weighted by Crippen LogP contribution is 2.43. The van der Waals surface area contributed by atoms with E-state index in [0.29, 0.717) is 0 Å². The Balaban J connectivity index is 1.19. The summed E-state index contributed by atoms with van der Waals surface area (Å²) in [4.78, 5) is 0. The summed E-state index contributed by atoms with van der Waals surface area (Å²) in [5.41, 5.74) is 0. The summed E-state index contributed by atoms with van der Waals surface area (Å²) in [6.45, 7) is 6.23. The van der Waals surface area contributed by atoms with E-state index < -0.39 is 0 Å². The molecule has 0 aromatic heterocycles. The maximum atomic E-state index is 3.89. The minimum Gasteiger partial charge on any atom is -0.103 e. The first-order chi connectivity index (χ1) is 15.3. The molecule has 0 heteroatoms. The molecule has 0 N–H and O–H groups in total. The molecule has 0 amide bonds. The molecular formula is C31H56. The molecule has 3 aliphatic rings. The average Bonchev–Trinajstić information content (AvgIpc) is 2.82. The van der Waals surface area contributed by atoms with E-state index in [4.69, 9.17) is 0 Å². The van der Waals surface area contributed by atoms with Crippen LogP contribution in [0.15, 0.2) is 12.7 Å². The molecule has 3 fully saturated rings. The van der Waals surface area contributed by atoms with Crippen LogP contribution < -0.4 is 0 Å². The van der Waals surface area contributed by atoms with Crippen LogP contribution >= 0.6 is 0 Å². The summed E-state index contributed by atoms with van der Waals surface area (Å²) < 4.78 is 0. The summed E-state index contributed by atoms with van der Waals surface area (Å²) in [6, 6.07) is 0. The molecule has 0 saturated heterocycles. The Labute approximate surface area is 196 Å². The maximum absolute atomic E-state index is 3.89. The van der Waals surface area contributed by atoms with Crippen molar-refractivity contribution in [2.45, 2.75) is 148 Å². The van der Waals surface area contributed by atoms with E-state index in [1.165, 1.54) is 83.5 Å². The van der Waals surface area contributed by atoms with Gasteiger partial charge in [-0.3, -0.25) is 0 Å². The van der Waals surface area contributed by atoms with Crippen molar-refractivity contribution in [3.05, 3.63) is 12.7 Å². The smallest absolute Gasteiger partial charge is 0.0351 e. The fourth-order valence-electron chi connectivity index (χ4n) is 7.61. The molecule has 180 valence electrons. The van der Waals surface area contributed by atoms with Crippen molar-refractivity contribution in [2.24, 2.45) is 35.5 Å². The predicted molar refractivity (Wildman–Crippen MR) is 138 cm³/mol. The van der Waals surface area contributed by atoms with Gasteiger partial charge in [0.1, 0.15) is 0 Å². The molecule has 0 unspecified atom stereocenters. The molecule has 0 aromatic rings. The zero-order valence-electron chi connectivity index (χ0n) is 21.3. The van der Waals surface area contributed by atoms with Crippen molar-refractivity contribution in [3.8, 4) is 0 Å². The lowest BCUT2D eigenvalue weighted by Crippen LogP contribution is -2.26. The molecule has 0 nitrogen and oxygen atoms in total. The third kappa shape index (κ3) is 9.25. The maximum Gasteiger partial charge on any atom is -0.0351 e. The monoisotopic (exact) mass is 428 g/mol. The lowest BCUT2D eigenvalue weighted by molar-refractivity contribution is 0.139. The second-order valence-corrected chi connectivity index (χ2v) is 12.1. The van der Waals surface area contributed by atoms with Crippen molar-refractivity contribution < 1.29 is 0 Å². The molecule has 0 heterocycles. The first kappa shape index (κ1) is 25.4. The standard InChI is InChI=1S/C31H56/c1-3-5-7-11-28-18-22-30(23-19-28)31-24-20-29(21-25-31)13-9-8-12-27-16-14-26(15-17-27)10-6-4-2/h4,26-31H,2-3,5-25H2,1H3. The Kier molecular flexibility index (Phi) is 12.1. The molecule has 0 radical (unpaired) electrons. The highest BCUT2D eigenvalue weighted by molar-refractivity contribution is 4.82. The van der Waals surface area contributed by atoms with Gasteiger partial charge in [-0.05, 0) is 74.0 Å². The predicted octanol–water partition coefficient (Wildman–Crippen LogP) is 10.5. The van der Waals surface area contributed by atoms with Crippen molar-refractivity contribution in [2.75, 3.05) is 0 Å². The normalized spacial score (nSPS) is 34.5. The first-order valence-electron chi connectivity index (χ1n) is 14.9. The molecule has 31 heavy (non-hydrogen) atoms. The summed E-state index contributed by atoms with van der Waals surface area (Å²) in [7, 11) is 0. The zero-order valence-corrected chi connectivity index (χ0v) is 21.3. The topological polar surface area (TPSA) is 0 Å². The minimum absolute atomic E-state index is 1.01. The van der Waals surface area contributed by atoms with Gasteiger partial charge in [-0.1, -0.05) is 116 Å². The van der Waals surface area contributed by atoms with E-state index in [0.717, 1.165) is 35.5 Å². The Hall–Kier alpha value is -0.260. The Bertz CT molecular complexity index is 441. The van der Waals surface area contributed by atoms with Gasteiger partial charge < -0.3 is 0 Å². The fourth-order valence-corrected chi connectivity index (χ4v) is 7.61. The fraction of sp³-hybridized carbons (Fsp3) is 0.935. The lowest BCUT2D eigenvalue weighted by Gasteiger charge is -2.38. The van der Waals surface area contributed by atoms with Crippen molar-refractivity contribution in [1.29, 1.82) is 0 Å². The van der Waals surface area contributed by atoms with E-state index >= 15 is 0 Å². The van der Waals surface area contributed by atoms with Crippen LogP contribution in [-0.2, 0) is 0 Å². The van der Waals surface area contributed by atoms with Crippen LogP contribution in [0.3, 0.4) is 0 Å². The van der Waals surface area contributed by atoms with E-state index in [2.05, 4.69) is 19.6 Å². The van der Waals surface area contributed by atoms with Gasteiger partial charge >= 0.3 is 0 Å². The molecular weight excluding hydrogens is 372 g/mol. The van der Waals surface area contributed by atoms with E-state index in [-0.39, 0.29) is 0 Å². The second kappa shape index (κ2) is 14.8. The van der Waals surface area contributed by atoms with Crippen molar-refractivity contribution >= 4 is 0 Å². The number of hydrogen-bond acceptors (Lipinski definition) is 0. The van der Waals surface area contributed by atoms with Gasteiger partial charge in [-0.15, -0.1) is 6.58 Å². The van der Waals surface area contributed by atoms with Crippen LogP contribution in [0.5, 0.6) is 0 Å². The molecule has 0 aliphatic heterocycles. The van der Waals surface area contributed by atoms with Crippen LogP contribution in [0.2, 0.25) is 0 Å². The summed E-state index contributed by atoms with van der Waals surface area (Å²) in [6.07, 6.45) is 35.3. The highest BCUT2D eigenvalue weighted by atomic mass is 14.4. The molecule has 0 atom stereocenters. The van der Waals surface area contributed by atoms with Gasteiger partial charge in [0, 0.05) is 0 Å².